The van der Waals surface area contributed by atoms with Crippen molar-refractivity contribution in [1.29, 1.82) is 0 Å². The highest BCUT2D eigenvalue weighted by molar-refractivity contribution is 9.10. The SMILES string of the molecule is Cn1c(SCC(=O)Nc2cccc(Br)c2)nnc1-c1cccnc1. The van der Waals surface area contributed by atoms with Crippen LogP contribution in [0, 0.1) is 0 Å². The molecule has 0 spiro atoms. The molecule has 0 aliphatic heterocycles. The summed E-state index contributed by atoms with van der Waals surface area (Å²) in [5.74, 6) is 0.882. The molecule has 0 radical (unpaired) electrons. The smallest absolute Gasteiger partial charge is 0.234 e. The van der Waals surface area contributed by atoms with Gasteiger partial charge in [-0.3, -0.25) is 9.78 Å². The normalized spacial score (nSPS) is 10.6. The van der Waals surface area contributed by atoms with Crippen LogP contribution in [0.25, 0.3) is 11.4 Å². The van der Waals surface area contributed by atoms with Crippen LogP contribution in [0.2, 0.25) is 0 Å². The molecule has 0 saturated carbocycles. The molecule has 0 unspecified atom stereocenters. The van der Waals surface area contributed by atoms with E-state index in [9.17, 15) is 4.79 Å². The van der Waals surface area contributed by atoms with Crippen molar-refractivity contribution in [1.82, 2.24) is 19.7 Å². The first kappa shape index (κ1) is 16.7. The van der Waals surface area contributed by atoms with Crippen LogP contribution in [0.15, 0.2) is 58.4 Å². The fourth-order valence-electron chi connectivity index (χ4n) is 2.08. The minimum atomic E-state index is -0.0935. The number of pyridine rings is 1. The average molecular weight is 404 g/mol. The minimum Gasteiger partial charge on any atom is -0.325 e. The Hall–Kier alpha value is -2.19. The van der Waals surface area contributed by atoms with Crippen molar-refractivity contribution < 1.29 is 4.79 Å². The molecule has 1 aromatic carbocycles. The van der Waals surface area contributed by atoms with E-state index in [0.29, 0.717) is 5.16 Å². The van der Waals surface area contributed by atoms with Gasteiger partial charge in [0.05, 0.1) is 5.75 Å². The first-order valence-corrected chi connectivity index (χ1v) is 8.89. The molecular weight excluding hydrogens is 390 g/mol. The maximum atomic E-state index is 12.1. The summed E-state index contributed by atoms with van der Waals surface area (Å²) in [7, 11) is 1.87. The Labute approximate surface area is 151 Å². The van der Waals surface area contributed by atoms with E-state index in [0.717, 1.165) is 21.5 Å². The van der Waals surface area contributed by atoms with Gasteiger partial charge in [-0.15, -0.1) is 10.2 Å². The van der Waals surface area contributed by atoms with E-state index in [4.69, 9.17) is 0 Å². The molecule has 0 saturated heterocycles. The van der Waals surface area contributed by atoms with Gasteiger partial charge in [0, 0.05) is 35.2 Å². The van der Waals surface area contributed by atoms with Gasteiger partial charge in [0.2, 0.25) is 5.91 Å². The van der Waals surface area contributed by atoms with E-state index < -0.39 is 0 Å². The molecule has 2 aromatic heterocycles. The lowest BCUT2D eigenvalue weighted by Crippen LogP contribution is -2.14. The van der Waals surface area contributed by atoms with Crippen LogP contribution in [0.4, 0.5) is 5.69 Å². The third-order valence-electron chi connectivity index (χ3n) is 3.20. The monoisotopic (exact) mass is 403 g/mol. The van der Waals surface area contributed by atoms with Gasteiger partial charge in [-0.1, -0.05) is 33.8 Å². The topological polar surface area (TPSA) is 72.7 Å². The van der Waals surface area contributed by atoms with Crippen LogP contribution in [-0.4, -0.2) is 31.4 Å². The molecule has 0 fully saturated rings. The third-order valence-corrected chi connectivity index (χ3v) is 4.71. The van der Waals surface area contributed by atoms with E-state index in [1.165, 1.54) is 11.8 Å². The number of nitrogens with zero attached hydrogens (tertiary/aromatic N) is 4. The standard InChI is InChI=1S/C16H14BrN5OS/c1-22-15(11-4-3-7-18-9-11)20-21-16(22)24-10-14(23)19-13-6-2-5-12(17)8-13/h2-9H,10H2,1H3,(H,19,23). The van der Waals surface area contributed by atoms with Gasteiger partial charge in [-0.05, 0) is 30.3 Å². The molecule has 3 rings (SSSR count). The van der Waals surface area contributed by atoms with Crippen LogP contribution in [0.5, 0.6) is 0 Å². The number of thioether (sulfide) groups is 1. The van der Waals surface area contributed by atoms with Crippen LogP contribution in [0.1, 0.15) is 0 Å². The number of carbonyl (C=O) groups is 1. The maximum Gasteiger partial charge on any atom is 0.234 e. The molecule has 1 N–H and O–H groups in total. The van der Waals surface area contributed by atoms with Crippen molar-refractivity contribution in [3.63, 3.8) is 0 Å². The van der Waals surface area contributed by atoms with Gasteiger partial charge in [0.1, 0.15) is 0 Å². The van der Waals surface area contributed by atoms with Crippen LogP contribution in [0.3, 0.4) is 0 Å². The van der Waals surface area contributed by atoms with Crippen molar-refractivity contribution in [3.8, 4) is 11.4 Å². The quantitative estimate of drug-likeness (QED) is 0.661. The summed E-state index contributed by atoms with van der Waals surface area (Å²) in [6.45, 7) is 0. The van der Waals surface area contributed by atoms with E-state index in [2.05, 4.69) is 36.4 Å². The van der Waals surface area contributed by atoms with E-state index in [1.54, 1.807) is 12.4 Å². The predicted molar refractivity (Wildman–Crippen MR) is 97.7 cm³/mol. The Morgan fingerprint density at radius 1 is 1.29 bits per heavy atom. The average Bonchev–Trinajstić information content (AvgIpc) is 2.94. The molecule has 0 aliphatic carbocycles. The Balaban J connectivity index is 1.63. The Bertz CT molecular complexity index is 853. The van der Waals surface area contributed by atoms with Gasteiger partial charge in [0.25, 0.3) is 0 Å². The van der Waals surface area contributed by atoms with Crippen molar-refractivity contribution >= 4 is 39.3 Å². The van der Waals surface area contributed by atoms with Crippen molar-refractivity contribution in [2.75, 3.05) is 11.1 Å². The summed E-state index contributed by atoms with van der Waals surface area (Å²) < 4.78 is 2.77. The fourth-order valence-corrected chi connectivity index (χ4v) is 3.19. The molecule has 0 atom stereocenters. The highest BCUT2D eigenvalue weighted by Gasteiger charge is 2.13. The van der Waals surface area contributed by atoms with Crippen LogP contribution >= 0.6 is 27.7 Å². The molecule has 2 heterocycles. The second-order valence-corrected chi connectivity index (χ2v) is 6.81. The lowest BCUT2D eigenvalue weighted by Gasteiger charge is -2.06. The summed E-state index contributed by atoms with van der Waals surface area (Å²) >= 11 is 4.72. The third kappa shape index (κ3) is 4.01. The van der Waals surface area contributed by atoms with E-state index >= 15 is 0 Å². The van der Waals surface area contributed by atoms with Crippen molar-refractivity contribution in [3.05, 3.63) is 53.3 Å². The Morgan fingerprint density at radius 3 is 2.92 bits per heavy atom. The molecular formula is C16H14BrN5OS. The molecule has 3 aromatic rings. The highest BCUT2D eigenvalue weighted by Crippen LogP contribution is 2.22. The summed E-state index contributed by atoms with van der Waals surface area (Å²) in [6, 6.07) is 11.2. The predicted octanol–water partition coefficient (Wildman–Crippen LogP) is 3.37. The van der Waals surface area contributed by atoms with Crippen molar-refractivity contribution in [2.45, 2.75) is 5.16 Å². The number of amides is 1. The first-order valence-electron chi connectivity index (χ1n) is 7.11. The number of hydrogen-bond acceptors (Lipinski definition) is 5. The van der Waals surface area contributed by atoms with Crippen LogP contribution < -0.4 is 5.32 Å². The molecule has 122 valence electrons. The second-order valence-electron chi connectivity index (χ2n) is 4.95. The molecule has 0 aliphatic rings. The van der Waals surface area contributed by atoms with Crippen LogP contribution in [-0.2, 0) is 11.8 Å². The molecule has 0 bridgehead atoms. The lowest BCUT2D eigenvalue weighted by molar-refractivity contribution is -0.113. The number of rotatable bonds is 5. The molecule has 8 heteroatoms. The number of aromatic nitrogens is 4. The summed E-state index contributed by atoms with van der Waals surface area (Å²) in [4.78, 5) is 16.2. The van der Waals surface area contributed by atoms with E-state index in [1.807, 2.05) is 48.0 Å². The summed E-state index contributed by atoms with van der Waals surface area (Å²) in [5.41, 5.74) is 1.64. The Morgan fingerprint density at radius 2 is 2.17 bits per heavy atom. The minimum absolute atomic E-state index is 0.0935. The van der Waals surface area contributed by atoms with Gasteiger partial charge in [0.15, 0.2) is 11.0 Å². The lowest BCUT2D eigenvalue weighted by atomic mass is 10.3. The number of benzene rings is 1. The van der Waals surface area contributed by atoms with Gasteiger partial charge in [-0.25, -0.2) is 0 Å². The van der Waals surface area contributed by atoms with Gasteiger partial charge in [-0.2, -0.15) is 0 Å². The summed E-state index contributed by atoms with van der Waals surface area (Å²) in [6.07, 6.45) is 3.44. The zero-order valence-electron chi connectivity index (χ0n) is 12.8. The number of halogens is 1. The van der Waals surface area contributed by atoms with Gasteiger partial charge >= 0.3 is 0 Å². The van der Waals surface area contributed by atoms with Gasteiger partial charge < -0.3 is 9.88 Å². The molecule has 1 amide bonds. The number of anilines is 1. The fraction of sp³-hybridized carbons (Fsp3) is 0.125. The zero-order chi connectivity index (χ0) is 16.9. The number of carbonyl (C=O) groups excluding carboxylic acids is 1. The first-order chi connectivity index (χ1) is 11.6. The Kier molecular flexibility index (Phi) is 5.27. The zero-order valence-corrected chi connectivity index (χ0v) is 15.2. The molecule has 6 nitrogen and oxygen atoms in total. The maximum absolute atomic E-state index is 12.1. The highest BCUT2D eigenvalue weighted by atomic mass is 79.9. The second kappa shape index (κ2) is 7.59. The van der Waals surface area contributed by atoms with Crippen molar-refractivity contribution in [2.24, 2.45) is 7.05 Å². The molecule has 24 heavy (non-hydrogen) atoms. The summed E-state index contributed by atoms with van der Waals surface area (Å²) in [5, 5.41) is 11.9. The number of nitrogens with one attached hydrogen (secondary N) is 1. The largest absolute Gasteiger partial charge is 0.325 e. The van der Waals surface area contributed by atoms with E-state index in [-0.39, 0.29) is 11.7 Å². The number of hydrogen-bond donors (Lipinski definition) is 1.